The van der Waals surface area contributed by atoms with E-state index in [2.05, 4.69) is 10.2 Å². The predicted molar refractivity (Wildman–Crippen MR) is 75.3 cm³/mol. The van der Waals surface area contributed by atoms with Gasteiger partial charge in [0.05, 0.1) is 11.9 Å². The number of ether oxygens (including phenoxy) is 2. The van der Waals surface area contributed by atoms with E-state index in [-0.39, 0.29) is 12.3 Å². The Hall–Kier alpha value is -2.70. The van der Waals surface area contributed by atoms with Gasteiger partial charge in [0.15, 0.2) is 5.69 Å². The van der Waals surface area contributed by atoms with Crippen molar-refractivity contribution < 1.29 is 19.1 Å². The Morgan fingerprint density at radius 1 is 1.36 bits per heavy atom. The monoisotopic (exact) mass is 301 g/mol. The molecule has 1 aliphatic rings. The van der Waals surface area contributed by atoms with Crippen LogP contribution in [-0.2, 0) is 14.3 Å². The Labute approximate surface area is 126 Å². The van der Waals surface area contributed by atoms with Gasteiger partial charge in [-0.3, -0.25) is 0 Å². The molecule has 114 valence electrons. The van der Waals surface area contributed by atoms with Gasteiger partial charge < -0.3 is 9.47 Å². The van der Waals surface area contributed by atoms with Gasteiger partial charge in [-0.15, -0.1) is 5.10 Å². The fourth-order valence-corrected chi connectivity index (χ4v) is 2.14. The fourth-order valence-electron chi connectivity index (χ4n) is 2.14. The minimum absolute atomic E-state index is 0.0411. The topological polar surface area (TPSA) is 83.3 Å². The molecule has 3 rings (SSSR count). The van der Waals surface area contributed by atoms with E-state index >= 15 is 0 Å². The average Bonchev–Trinajstić information content (AvgIpc) is 3.09. The first-order valence-electron chi connectivity index (χ1n) is 6.83. The Bertz CT molecular complexity index is 709. The van der Waals surface area contributed by atoms with Crippen LogP contribution in [0.25, 0.3) is 5.69 Å². The lowest BCUT2D eigenvalue weighted by atomic mass is 9.90. The van der Waals surface area contributed by atoms with Crippen LogP contribution in [0.2, 0.25) is 0 Å². The molecule has 1 atom stereocenters. The zero-order valence-electron chi connectivity index (χ0n) is 12.2. The van der Waals surface area contributed by atoms with Gasteiger partial charge >= 0.3 is 11.9 Å². The van der Waals surface area contributed by atoms with Gasteiger partial charge in [0.1, 0.15) is 6.61 Å². The van der Waals surface area contributed by atoms with E-state index < -0.39 is 23.5 Å². The van der Waals surface area contributed by atoms with Crippen LogP contribution < -0.4 is 0 Å². The number of hydrogen-bond acceptors (Lipinski definition) is 6. The minimum atomic E-state index is -0.929. The summed E-state index contributed by atoms with van der Waals surface area (Å²) < 4.78 is 10.2. The highest BCUT2D eigenvalue weighted by atomic mass is 16.6. The first-order chi connectivity index (χ1) is 10.5. The highest BCUT2D eigenvalue weighted by Gasteiger charge is 2.46. The van der Waals surface area contributed by atoms with Gasteiger partial charge in [-0.1, -0.05) is 32.0 Å². The van der Waals surface area contributed by atoms with Crippen LogP contribution in [-0.4, -0.2) is 39.6 Å². The summed E-state index contributed by atoms with van der Waals surface area (Å²) in [5.74, 6) is -1.23. The maximum atomic E-state index is 12.1. The van der Waals surface area contributed by atoms with E-state index in [0.717, 1.165) is 5.69 Å². The summed E-state index contributed by atoms with van der Waals surface area (Å²) >= 11 is 0. The summed E-state index contributed by atoms with van der Waals surface area (Å²) in [6, 6.07) is 9.18. The molecule has 2 aromatic rings. The Kier molecular flexibility index (Phi) is 3.40. The van der Waals surface area contributed by atoms with Crippen molar-refractivity contribution in [2.45, 2.75) is 20.0 Å². The van der Waals surface area contributed by atoms with Crippen LogP contribution in [0.15, 0.2) is 36.5 Å². The lowest BCUT2D eigenvalue weighted by Gasteiger charge is -2.20. The van der Waals surface area contributed by atoms with Crippen LogP contribution in [0, 0.1) is 5.41 Å². The smallest absolute Gasteiger partial charge is 0.361 e. The number of benzene rings is 1. The second-order valence-corrected chi connectivity index (χ2v) is 5.74. The van der Waals surface area contributed by atoms with Crippen LogP contribution >= 0.6 is 0 Å². The zero-order chi connectivity index (χ0) is 15.7. The zero-order valence-corrected chi connectivity index (χ0v) is 12.2. The number of aromatic nitrogens is 3. The maximum Gasteiger partial charge on any atom is 0.361 e. The second kappa shape index (κ2) is 5.25. The van der Waals surface area contributed by atoms with Crippen molar-refractivity contribution in [3.05, 3.63) is 42.2 Å². The van der Waals surface area contributed by atoms with E-state index in [9.17, 15) is 9.59 Å². The number of para-hydroxylation sites is 1. The molecule has 1 aromatic heterocycles. The SMILES string of the molecule is CC1(C)COC(=O)[C@@H]1OC(=O)c1cnn(-c2ccccc2)n1. The molecule has 7 heteroatoms. The van der Waals surface area contributed by atoms with Gasteiger partial charge in [-0.05, 0) is 12.1 Å². The normalized spacial score (nSPS) is 19.7. The molecule has 22 heavy (non-hydrogen) atoms. The summed E-state index contributed by atoms with van der Waals surface area (Å²) in [5.41, 5.74) is 0.212. The molecule has 0 aliphatic carbocycles. The molecule has 1 fully saturated rings. The largest absolute Gasteiger partial charge is 0.462 e. The van der Waals surface area contributed by atoms with Crippen molar-refractivity contribution in [1.29, 1.82) is 0 Å². The highest BCUT2D eigenvalue weighted by molar-refractivity contribution is 5.90. The molecule has 2 heterocycles. The minimum Gasteiger partial charge on any atom is -0.462 e. The number of rotatable bonds is 3. The van der Waals surface area contributed by atoms with E-state index in [4.69, 9.17) is 9.47 Å². The molecule has 1 aromatic carbocycles. The lowest BCUT2D eigenvalue weighted by molar-refractivity contribution is -0.145. The molecule has 1 aliphatic heterocycles. The molecule has 7 nitrogen and oxygen atoms in total. The van der Waals surface area contributed by atoms with Gasteiger partial charge in [0.2, 0.25) is 6.10 Å². The van der Waals surface area contributed by atoms with E-state index in [0.29, 0.717) is 0 Å². The standard InChI is InChI=1S/C15H15N3O4/c1-15(2)9-21-14(20)12(15)22-13(19)11-8-16-18(17-11)10-6-4-3-5-7-10/h3-8,12H,9H2,1-2H3/t12-/m0/s1. The first-order valence-corrected chi connectivity index (χ1v) is 6.83. The third kappa shape index (κ3) is 2.57. The van der Waals surface area contributed by atoms with Crippen molar-refractivity contribution in [3.8, 4) is 5.69 Å². The molecule has 0 N–H and O–H groups in total. The number of hydrogen-bond donors (Lipinski definition) is 0. The molecule has 0 amide bonds. The summed E-state index contributed by atoms with van der Waals surface area (Å²) in [6.45, 7) is 3.83. The number of esters is 2. The first kappa shape index (κ1) is 14.2. The van der Waals surface area contributed by atoms with Crippen molar-refractivity contribution in [2.24, 2.45) is 5.41 Å². The number of carbonyl (C=O) groups is 2. The predicted octanol–water partition coefficient (Wildman–Crippen LogP) is 1.38. The summed E-state index contributed by atoms with van der Waals surface area (Å²) in [5, 5.41) is 8.10. The van der Waals surface area contributed by atoms with Crippen molar-refractivity contribution in [3.63, 3.8) is 0 Å². The van der Waals surface area contributed by atoms with Crippen LogP contribution in [0.3, 0.4) is 0 Å². The lowest BCUT2D eigenvalue weighted by Crippen LogP contribution is -2.35. The Balaban J connectivity index is 1.76. The highest BCUT2D eigenvalue weighted by Crippen LogP contribution is 2.31. The van der Waals surface area contributed by atoms with Crippen LogP contribution in [0.4, 0.5) is 0 Å². The molecule has 0 radical (unpaired) electrons. The van der Waals surface area contributed by atoms with Gasteiger partial charge in [0, 0.05) is 5.41 Å². The Morgan fingerprint density at radius 3 is 2.73 bits per heavy atom. The summed E-state index contributed by atoms with van der Waals surface area (Å²) in [4.78, 5) is 25.1. The van der Waals surface area contributed by atoms with E-state index in [1.165, 1.54) is 11.0 Å². The number of cyclic esters (lactones) is 1. The maximum absolute atomic E-state index is 12.1. The fraction of sp³-hybridized carbons (Fsp3) is 0.333. The number of carbonyl (C=O) groups excluding carboxylic acids is 2. The number of nitrogens with zero attached hydrogens (tertiary/aromatic N) is 3. The molecule has 0 unspecified atom stereocenters. The van der Waals surface area contributed by atoms with Crippen molar-refractivity contribution in [2.75, 3.05) is 6.61 Å². The average molecular weight is 301 g/mol. The third-order valence-corrected chi connectivity index (χ3v) is 3.42. The third-order valence-electron chi connectivity index (χ3n) is 3.42. The van der Waals surface area contributed by atoms with Gasteiger partial charge in [-0.2, -0.15) is 9.90 Å². The van der Waals surface area contributed by atoms with E-state index in [1.54, 1.807) is 13.8 Å². The van der Waals surface area contributed by atoms with Gasteiger partial charge in [0.25, 0.3) is 0 Å². The Morgan fingerprint density at radius 2 is 2.09 bits per heavy atom. The molecular formula is C15H15N3O4. The summed E-state index contributed by atoms with van der Waals surface area (Å²) in [7, 11) is 0. The van der Waals surface area contributed by atoms with Crippen LogP contribution in [0.1, 0.15) is 24.3 Å². The molecule has 1 saturated heterocycles. The van der Waals surface area contributed by atoms with Crippen molar-refractivity contribution >= 4 is 11.9 Å². The van der Waals surface area contributed by atoms with Crippen LogP contribution in [0.5, 0.6) is 0 Å². The molecule has 0 bridgehead atoms. The molecular weight excluding hydrogens is 286 g/mol. The second-order valence-electron chi connectivity index (χ2n) is 5.74. The molecule has 0 saturated carbocycles. The molecule has 0 spiro atoms. The summed E-state index contributed by atoms with van der Waals surface area (Å²) in [6.07, 6.45) is 0.379. The van der Waals surface area contributed by atoms with Crippen molar-refractivity contribution in [1.82, 2.24) is 15.0 Å². The van der Waals surface area contributed by atoms with E-state index in [1.807, 2.05) is 30.3 Å². The quantitative estimate of drug-likeness (QED) is 0.796. The van der Waals surface area contributed by atoms with Gasteiger partial charge in [-0.25, -0.2) is 9.59 Å².